The number of carbonyl (C=O) groups is 1. The largest absolute Gasteiger partial charge is 0.497 e. The van der Waals surface area contributed by atoms with E-state index in [0.29, 0.717) is 22.0 Å². The van der Waals surface area contributed by atoms with Gasteiger partial charge in [0.25, 0.3) is 5.91 Å². The van der Waals surface area contributed by atoms with Crippen LogP contribution >= 0.6 is 11.6 Å². The summed E-state index contributed by atoms with van der Waals surface area (Å²) in [6, 6.07) is 12.4. The lowest BCUT2D eigenvalue weighted by molar-refractivity contribution is 0.102. The van der Waals surface area contributed by atoms with Gasteiger partial charge in [0, 0.05) is 5.56 Å². The van der Waals surface area contributed by atoms with Crippen molar-refractivity contribution in [3.8, 4) is 5.75 Å². The fourth-order valence-electron chi connectivity index (χ4n) is 1.66. The third-order valence-corrected chi connectivity index (χ3v) is 3.04. The van der Waals surface area contributed by atoms with Crippen LogP contribution in [0.15, 0.2) is 42.5 Å². The second-order valence-corrected chi connectivity index (χ2v) is 4.57. The minimum absolute atomic E-state index is 0.201. The Kier molecular flexibility index (Phi) is 4.07. The first-order valence-corrected chi connectivity index (χ1v) is 6.19. The lowest BCUT2D eigenvalue weighted by atomic mass is 10.2. The minimum atomic E-state index is -0.201. The first-order valence-electron chi connectivity index (χ1n) is 5.81. The van der Waals surface area contributed by atoms with E-state index in [1.807, 2.05) is 19.1 Å². The first-order chi connectivity index (χ1) is 9.10. The molecule has 0 bridgehead atoms. The highest BCUT2D eigenvalue weighted by Gasteiger charge is 2.08. The number of rotatable bonds is 3. The number of carbonyl (C=O) groups excluding carboxylic acids is 1. The summed E-state index contributed by atoms with van der Waals surface area (Å²) in [4.78, 5) is 12.0. The maximum absolute atomic E-state index is 12.0. The zero-order valence-corrected chi connectivity index (χ0v) is 11.5. The molecule has 0 heterocycles. The van der Waals surface area contributed by atoms with E-state index in [4.69, 9.17) is 16.3 Å². The molecule has 0 aliphatic heterocycles. The van der Waals surface area contributed by atoms with E-state index < -0.39 is 0 Å². The van der Waals surface area contributed by atoms with Gasteiger partial charge in [-0.15, -0.1) is 0 Å². The number of amides is 1. The van der Waals surface area contributed by atoms with Crippen LogP contribution in [0.4, 0.5) is 5.69 Å². The molecule has 98 valence electrons. The Bertz CT molecular complexity index is 594. The number of hydrogen-bond acceptors (Lipinski definition) is 2. The van der Waals surface area contributed by atoms with E-state index >= 15 is 0 Å². The van der Waals surface area contributed by atoms with Gasteiger partial charge in [0.05, 0.1) is 17.8 Å². The molecule has 0 aliphatic rings. The maximum atomic E-state index is 12.0. The normalized spacial score (nSPS) is 10.1. The number of nitrogens with one attached hydrogen (secondary N) is 1. The molecule has 0 radical (unpaired) electrons. The lowest BCUT2D eigenvalue weighted by Crippen LogP contribution is -2.12. The Hall–Kier alpha value is -2.00. The Morgan fingerprint density at radius 3 is 2.42 bits per heavy atom. The van der Waals surface area contributed by atoms with Crippen LogP contribution < -0.4 is 10.1 Å². The second-order valence-electron chi connectivity index (χ2n) is 4.17. The summed E-state index contributed by atoms with van der Waals surface area (Å²) in [5, 5.41) is 3.31. The molecule has 0 spiro atoms. The van der Waals surface area contributed by atoms with Crippen molar-refractivity contribution in [2.45, 2.75) is 6.92 Å². The van der Waals surface area contributed by atoms with Crippen molar-refractivity contribution in [1.29, 1.82) is 0 Å². The highest BCUT2D eigenvalue weighted by atomic mass is 35.5. The van der Waals surface area contributed by atoms with Crippen molar-refractivity contribution < 1.29 is 9.53 Å². The standard InChI is InChI=1S/C15H14ClNO2/c1-10-3-8-14(13(16)9-10)17-15(18)11-4-6-12(19-2)7-5-11/h3-9H,1-2H3,(H,17,18). The van der Waals surface area contributed by atoms with Crippen LogP contribution in [0.2, 0.25) is 5.02 Å². The number of methoxy groups -OCH3 is 1. The van der Waals surface area contributed by atoms with Gasteiger partial charge in [-0.3, -0.25) is 4.79 Å². The number of aryl methyl sites for hydroxylation is 1. The van der Waals surface area contributed by atoms with Gasteiger partial charge in [0.15, 0.2) is 0 Å². The molecule has 0 aliphatic carbocycles. The maximum Gasteiger partial charge on any atom is 0.255 e. The molecule has 0 saturated heterocycles. The fourth-order valence-corrected chi connectivity index (χ4v) is 1.94. The van der Waals surface area contributed by atoms with Gasteiger partial charge in [0.1, 0.15) is 5.75 Å². The summed E-state index contributed by atoms with van der Waals surface area (Å²) in [6.07, 6.45) is 0. The van der Waals surface area contributed by atoms with Crippen molar-refractivity contribution in [1.82, 2.24) is 0 Å². The van der Waals surface area contributed by atoms with E-state index in [1.54, 1.807) is 37.4 Å². The van der Waals surface area contributed by atoms with Crippen molar-refractivity contribution in [3.63, 3.8) is 0 Å². The molecule has 0 atom stereocenters. The minimum Gasteiger partial charge on any atom is -0.497 e. The summed E-state index contributed by atoms with van der Waals surface area (Å²) in [6.45, 7) is 1.95. The lowest BCUT2D eigenvalue weighted by Gasteiger charge is -2.08. The highest BCUT2D eigenvalue weighted by Crippen LogP contribution is 2.23. The highest BCUT2D eigenvalue weighted by molar-refractivity contribution is 6.34. The third kappa shape index (κ3) is 3.26. The van der Waals surface area contributed by atoms with Crippen LogP contribution in [0.25, 0.3) is 0 Å². The van der Waals surface area contributed by atoms with Crippen LogP contribution in [0.3, 0.4) is 0 Å². The van der Waals surface area contributed by atoms with E-state index in [-0.39, 0.29) is 5.91 Å². The predicted octanol–water partition coefficient (Wildman–Crippen LogP) is 3.91. The fraction of sp³-hybridized carbons (Fsp3) is 0.133. The quantitative estimate of drug-likeness (QED) is 0.922. The number of hydrogen-bond donors (Lipinski definition) is 1. The molecule has 0 unspecified atom stereocenters. The van der Waals surface area contributed by atoms with E-state index in [2.05, 4.69) is 5.32 Å². The Labute approximate surface area is 117 Å². The topological polar surface area (TPSA) is 38.3 Å². The first kappa shape index (κ1) is 13.4. The van der Waals surface area contributed by atoms with Gasteiger partial charge in [0.2, 0.25) is 0 Å². The summed E-state index contributed by atoms with van der Waals surface area (Å²) in [5.41, 5.74) is 2.21. The molecular formula is C15H14ClNO2. The van der Waals surface area contributed by atoms with Gasteiger partial charge in [-0.25, -0.2) is 0 Å². The molecule has 2 rings (SSSR count). The summed E-state index contributed by atoms with van der Waals surface area (Å²) in [7, 11) is 1.58. The number of benzene rings is 2. The Balaban J connectivity index is 2.15. The van der Waals surface area contributed by atoms with Crippen molar-refractivity contribution in [2.24, 2.45) is 0 Å². The molecule has 1 amide bonds. The zero-order valence-electron chi connectivity index (χ0n) is 10.7. The number of ether oxygens (including phenoxy) is 1. The van der Waals surface area contributed by atoms with Gasteiger partial charge < -0.3 is 10.1 Å². The predicted molar refractivity (Wildman–Crippen MR) is 77.1 cm³/mol. The van der Waals surface area contributed by atoms with Crippen LogP contribution in [-0.4, -0.2) is 13.0 Å². The average Bonchev–Trinajstić information content (AvgIpc) is 2.42. The molecule has 0 fully saturated rings. The summed E-state index contributed by atoms with van der Waals surface area (Å²) >= 11 is 6.07. The van der Waals surface area contributed by atoms with E-state index in [0.717, 1.165) is 5.56 Å². The second kappa shape index (κ2) is 5.76. The Morgan fingerprint density at radius 1 is 1.16 bits per heavy atom. The van der Waals surface area contributed by atoms with Gasteiger partial charge in [-0.1, -0.05) is 17.7 Å². The van der Waals surface area contributed by atoms with E-state index in [1.165, 1.54) is 0 Å². The van der Waals surface area contributed by atoms with Crippen LogP contribution in [0, 0.1) is 6.92 Å². The molecule has 1 N–H and O–H groups in total. The average molecular weight is 276 g/mol. The van der Waals surface area contributed by atoms with Crippen LogP contribution in [0.5, 0.6) is 5.75 Å². The monoisotopic (exact) mass is 275 g/mol. The molecule has 4 heteroatoms. The molecule has 19 heavy (non-hydrogen) atoms. The van der Waals surface area contributed by atoms with Crippen molar-refractivity contribution in [3.05, 3.63) is 58.6 Å². The smallest absolute Gasteiger partial charge is 0.255 e. The molecule has 2 aromatic rings. The van der Waals surface area contributed by atoms with Crippen LogP contribution in [0.1, 0.15) is 15.9 Å². The molecule has 3 nitrogen and oxygen atoms in total. The van der Waals surface area contributed by atoms with Crippen molar-refractivity contribution >= 4 is 23.2 Å². The number of halogens is 1. The molecule has 0 aromatic heterocycles. The van der Waals surface area contributed by atoms with Crippen LogP contribution in [-0.2, 0) is 0 Å². The van der Waals surface area contributed by atoms with E-state index in [9.17, 15) is 4.79 Å². The van der Waals surface area contributed by atoms with Gasteiger partial charge >= 0.3 is 0 Å². The molecule has 2 aromatic carbocycles. The molecular weight excluding hydrogens is 262 g/mol. The molecule has 0 saturated carbocycles. The summed E-state index contributed by atoms with van der Waals surface area (Å²) in [5.74, 6) is 0.512. The Morgan fingerprint density at radius 2 is 1.84 bits per heavy atom. The summed E-state index contributed by atoms with van der Waals surface area (Å²) < 4.78 is 5.05. The number of anilines is 1. The van der Waals surface area contributed by atoms with Crippen molar-refractivity contribution in [2.75, 3.05) is 12.4 Å². The third-order valence-electron chi connectivity index (χ3n) is 2.72. The zero-order chi connectivity index (χ0) is 13.8. The van der Waals surface area contributed by atoms with Gasteiger partial charge in [-0.2, -0.15) is 0 Å². The van der Waals surface area contributed by atoms with Gasteiger partial charge in [-0.05, 0) is 48.9 Å². The SMILES string of the molecule is COc1ccc(C(=O)Nc2ccc(C)cc2Cl)cc1.